The van der Waals surface area contributed by atoms with E-state index in [1.54, 1.807) is 6.20 Å². The van der Waals surface area contributed by atoms with Crippen molar-refractivity contribution in [3.63, 3.8) is 0 Å². The molecule has 71 valence electrons. The Morgan fingerprint density at radius 3 is 2.64 bits per heavy atom. The molecule has 0 saturated carbocycles. The van der Waals surface area contributed by atoms with Gasteiger partial charge in [0.2, 0.25) is 0 Å². The maximum atomic E-state index is 5.90. The second-order valence-electron chi connectivity index (χ2n) is 2.88. The van der Waals surface area contributed by atoms with E-state index >= 15 is 0 Å². The molecule has 1 atom stereocenters. The summed E-state index contributed by atoms with van der Waals surface area (Å²) >= 11 is 11.7. The summed E-state index contributed by atoms with van der Waals surface area (Å²) in [5.74, 6) is 0. The molecule has 1 aromatic carbocycles. The second kappa shape index (κ2) is 4.03. The summed E-state index contributed by atoms with van der Waals surface area (Å²) < 4.78 is 1.41. The van der Waals surface area contributed by atoms with Crippen molar-refractivity contribution in [1.82, 2.24) is 4.42 Å². The van der Waals surface area contributed by atoms with Gasteiger partial charge in [-0.25, -0.2) is 4.99 Å². The monoisotopic (exact) mass is 225 g/mol. The lowest BCUT2D eigenvalue weighted by atomic mass is 10.1. The van der Waals surface area contributed by atoms with Crippen molar-refractivity contribution in [3.8, 4) is 0 Å². The van der Waals surface area contributed by atoms with E-state index < -0.39 is 0 Å². The van der Waals surface area contributed by atoms with Gasteiger partial charge in [-0.3, -0.25) is 4.42 Å². The van der Waals surface area contributed by atoms with E-state index in [2.05, 4.69) is 11.3 Å². The molecule has 2 nitrogen and oxygen atoms in total. The van der Waals surface area contributed by atoms with E-state index in [-0.39, 0.29) is 6.04 Å². The summed E-state index contributed by atoms with van der Waals surface area (Å²) in [4.78, 5) is 3.79. The van der Waals surface area contributed by atoms with E-state index in [4.69, 9.17) is 23.4 Å². The van der Waals surface area contributed by atoms with Gasteiger partial charge in [0.05, 0.1) is 6.04 Å². The lowest BCUT2D eigenvalue weighted by Gasteiger charge is -2.21. The van der Waals surface area contributed by atoms with Crippen molar-refractivity contribution in [3.05, 3.63) is 47.1 Å². The van der Waals surface area contributed by atoms with Crippen LogP contribution in [0.25, 0.3) is 0 Å². The normalized spacial score (nSPS) is 20.1. The van der Waals surface area contributed by atoms with Crippen molar-refractivity contribution >= 4 is 29.7 Å². The Balaban J connectivity index is 2.27. The average molecular weight is 226 g/mol. The van der Waals surface area contributed by atoms with Gasteiger partial charge in [0.25, 0.3) is 0 Å². The van der Waals surface area contributed by atoms with Crippen LogP contribution >= 0.6 is 23.4 Å². The third kappa shape index (κ3) is 1.91. The molecule has 4 heteroatoms. The Kier molecular flexibility index (Phi) is 2.75. The van der Waals surface area contributed by atoms with Crippen LogP contribution in [0.1, 0.15) is 11.6 Å². The molecule has 0 spiro atoms. The molecule has 0 aromatic heterocycles. The van der Waals surface area contributed by atoms with Gasteiger partial charge in [-0.15, -0.1) is 0 Å². The van der Waals surface area contributed by atoms with Crippen molar-refractivity contribution in [2.24, 2.45) is 4.99 Å². The molecule has 1 aliphatic rings. The topological polar surface area (TPSA) is 15.6 Å². The molecule has 0 N–H and O–H groups in total. The lowest BCUT2D eigenvalue weighted by Crippen LogP contribution is -2.17. The van der Waals surface area contributed by atoms with Crippen LogP contribution in [0.4, 0.5) is 0 Å². The third-order valence-electron chi connectivity index (χ3n) is 1.95. The van der Waals surface area contributed by atoms with Gasteiger partial charge >= 0.3 is 0 Å². The SMILES string of the molecule is Clc1ccc(C2C=CN=[C]N2Cl)cc1. The molecule has 0 fully saturated rings. The highest BCUT2D eigenvalue weighted by Crippen LogP contribution is 2.25. The summed E-state index contributed by atoms with van der Waals surface area (Å²) in [5, 5.41) is 0.715. The minimum Gasteiger partial charge on any atom is -0.254 e. The molecule has 0 bridgehead atoms. The van der Waals surface area contributed by atoms with E-state index in [0.29, 0.717) is 5.02 Å². The quantitative estimate of drug-likeness (QED) is 0.671. The van der Waals surface area contributed by atoms with Crippen molar-refractivity contribution in [1.29, 1.82) is 0 Å². The second-order valence-corrected chi connectivity index (χ2v) is 3.68. The number of hydrogen-bond donors (Lipinski definition) is 0. The highest BCUT2D eigenvalue weighted by atomic mass is 35.5. The zero-order valence-electron chi connectivity index (χ0n) is 7.19. The predicted octanol–water partition coefficient (Wildman–Crippen LogP) is 3.27. The Labute approximate surface area is 92.6 Å². The lowest BCUT2D eigenvalue weighted by molar-refractivity contribution is 0.574. The van der Waals surface area contributed by atoms with Crippen LogP contribution in [0.15, 0.2) is 41.5 Å². The van der Waals surface area contributed by atoms with E-state index in [1.165, 1.54) is 4.42 Å². The smallest absolute Gasteiger partial charge is 0.188 e. The Bertz CT molecular complexity index is 370. The number of rotatable bonds is 1. The average Bonchev–Trinajstić information content (AvgIpc) is 2.20. The molecule has 1 aromatic rings. The molecular formula is C10H7Cl2N2. The van der Waals surface area contributed by atoms with Crippen molar-refractivity contribution in [2.75, 3.05) is 0 Å². The fourth-order valence-electron chi connectivity index (χ4n) is 1.25. The van der Waals surface area contributed by atoms with Crippen LogP contribution in [-0.4, -0.2) is 10.8 Å². The molecule has 14 heavy (non-hydrogen) atoms. The zero-order chi connectivity index (χ0) is 9.97. The van der Waals surface area contributed by atoms with Gasteiger partial charge < -0.3 is 0 Å². The molecule has 0 saturated heterocycles. The van der Waals surface area contributed by atoms with Gasteiger partial charge in [0.1, 0.15) is 0 Å². The first-order valence-corrected chi connectivity index (χ1v) is 4.81. The molecule has 1 heterocycles. The van der Waals surface area contributed by atoms with Gasteiger partial charge in [-0.05, 0) is 23.8 Å². The molecule has 2 rings (SSSR count). The molecule has 1 unspecified atom stereocenters. The fraction of sp³-hybridized carbons (Fsp3) is 0.100. The van der Waals surface area contributed by atoms with Crippen molar-refractivity contribution < 1.29 is 0 Å². The number of halogens is 2. The minimum absolute atomic E-state index is 0.0218. The van der Waals surface area contributed by atoms with Gasteiger partial charge in [-0.2, -0.15) is 0 Å². The van der Waals surface area contributed by atoms with Crippen LogP contribution in [0, 0.1) is 0 Å². The largest absolute Gasteiger partial charge is 0.254 e. The van der Waals surface area contributed by atoms with Gasteiger partial charge in [0.15, 0.2) is 6.34 Å². The van der Waals surface area contributed by atoms with Crippen LogP contribution in [0.5, 0.6) is 0 Å². The van der Waals surface area contributed by atoms with Crippen LogP contribution < -0.4 is 0 Å². The fourth-order valence-corrected chi connectivity index (χ4v) is 1.60. The standard InChI is InChI=1S/C10H7Cl2N2/c11-9-3-1-8(2-4-9)10-5-6-13-7-14(10)12/h1-6,10H. The van der Waals surface area contributed by atoms with E-state index in [1.807, 2.05) is 30.3 Å². The number of benzene rings is 1. The summed E-state index contributed by atoms with van der Waals surface area (Å²) in [5.41, 5.74) is 1.06. The first-order valence-electron chi connectivity index (χ1n) is 4.10. The van der Waals surface area contributed by atoms with Crippen LogP contribution in [0.2, 0.25) is 5.02 Å². The summed E-state index contributed by atoms with van der Waals surface area (Å²) in [6, 6.07) is 7.51. The highest BCUT2D eigenvalue weighted by Gasteiger charge is 2.15. The third-order valence-corrected chi connectivity index (χ3v) is 2.49. The zero-order valence-corrected chi connectivity index (χ0v) is 8.70. The van der Waals surface area contributed by atoms with Crippen LogP contribution in [-0.2, 0) is 0 Å². The Morgan fingerprint density at radius 1 is 1.29 bits per heavy atom. The molecule has 1 aliphatic heterocycles. The Morgan fingerprint density at radius 2 is 2.00 bits per heavy atom. The first-order chi connectivity index (χ1) is 6.77. The van der Waals surface area contributed by atoms with E-state index in [0.717, 1.165) is 5.56 Å². The predicted molar refractivity (Wildman–Crippen MR) is 58.5 cm³/mol. The van der Waals surface area contributed by atoms with Gasteiger partial charge in [-0.1, -0.05) is 23.7 Å². The first kappa shape index (κ1) is 9.56. The molecule has 0 aliphatic carbocycles. The molecule has 1 radical (unpaired) electrons. The number of nitrogens with zero attached hydrogens (tertiary/aromatic N) is 2. The summed E-state index contributed by atoms with van der Waals surface area (Å²) in [6.07, 6.45) is 6.22. The maximum Gasteiger partial charge on any atom is 0.188 e. The van der Waals surface area contributed by atoms with Crippen LogP contribution in [0.3, 0.4) is 0 Å². The highest BCUT2D eigenvalue weighted by molar-refractivity contribution is 6.30. The number of hydrogen-bond acceptors (Lipinski definition) is 2. The van der Waals surface area contributed by atoms with E-state index in [9.17, 15) is 0 Å². The summed E-state index contributed by atoms with van der Waals surface area (Å²) in [7, 11) is 0. The summed E-state index contributed by atoms with van der Waals surface area (Å²) in [6.45, 7) is 0. The van der Waals surface area contributed by atoms with Gasteiger partial charge in [0, 0.05) is 23.0 Å². The maximum absolute atomic E-state index is 5.90. The molecular weight excluding hydrogens is 219 g/mol. The number of aliphatic imine (C=N–C) groups is 1. The molecule has 0 amide bonds. The Hall–Kier alpha value is -0.990. The van der Waals surface area contributed by atoms with Crippen molar-refractivity contribution in [2.45, 2.75) is 6.04 Å². The minimum atomic E-state index is -0.0218.